The molecule has 4 nitrogen and oxygen atoms in total. The van der Waals surface area contributed by atoms with Gasteiger partial charge in [-0.25, -0.2) is 0 Å². The highest BCUT2D eigenvalue weighted by Crippen LogP contribution is 2.18. The number of hydrogen-bond donors (Lipinski definition) is 1. The zero-order valence-corrected chi connectivity index (χ0v) is 10.5. The van der Waals surface area contributed by atoms with Crippen LogP contribution < -0.4 is 5.73 Å². The van der Waals surface area contributed by atoms with Gasteiger partial charge in [-0.1, -0.05) is 30.3 Å². The van der Waals surface area contributed by atoms with Gasteiger partial charge < -0.3 is 5.73 Å². The van der Waals surface area contributed by atoms with E-state index in [9.17, 15) is 9.59 Å². The van der Waals surface area contributed by atoms with E-state index in [-0.39, 0.29) is 30.2 Å². The van der Waals surface area contributed by atoms with Crippen LogP contribution in [0.25, 0.3) is 0 Å². The molecular weight excluding hydrogens is 228 g/mol. The second-order valence-corrected chi connectivity index (χ2v) is 4.84. The molecule has 1 aromatic rings. The van der Waals surface area contributed by atoms with Gasteiger partial charge in [-0.2, -0.15) is 0 Å². The van der Waals surface area contributed by atoms with Crippen molar-refractivity contribution in [3.8, 4) is 0 Å². The average Bonchev–Trinajstić information content (AvgIpc) is 2.71. The number of nitrogens with zero attached hydrogens (tertiary/aromatic N) is 1. The quantitative estimate of drug-likeness (QED) is 0.800. The lowest BCUT2D eigenvalue weighted by atomic mass is 10.1. The lowest BCUT2D eigenvalue weighted by molar-refractivity contribution is -0.121. The summed E-state index contributed by atoms with van der Waals surface area (Å²) < 4.78 is 0. The monoisotopic (exact) mass is 246 g/mol. The van der Waals surface area contributed by atoms with Crippen LogP contribution in [0.3, 0.4) is 0 Å². The highest BCUT2D eigenvalue weighted by molar-refractivity contribution is 5.98. The number of Topliss-reactive ketones (excluding diaryl/α,β-unsaturated/α-hetero) is 2. The zero-order valence-electron chi connectivity index (χ0n) is 10.5. The van der Waals surface area contributed by atoms with Crippen molar-refractivity contribution in [1.29, 1.82) is 0 Å². The molecule has 0 aliphatic carbocycles. The molecule has 0 unspecified atom stereocenters. The third kappa shape index (κ3) is 2.83. The summed E-state index contributed by atoms with van der Waals surface area (Å²) in [6.07, 6.45) is 0.650. The molecule has 96 valence electrons. The van der Waals surface area contributed by atoms with Gasteiger partial charge >= 0.3 is 0 Å². The maximum absolute atomic E-state index is 12.1. The Balaban J connectivity index is 2.05. The standard InChI is InChI=1S/C14H18N2O2/c1-10(17)13-7-12(15)8-16(13)9-14(18)11-5-3-2-4-6-11/h2-6,12-13H,7-9,15H2,1H3/t12-,13-/m0/s1. The Morgan fingerprint density at radius 2 is 2.00 bits per heavy atom. The average molecular weight is 246 g/mol. The van der Waals surface area contributed by atoms with E-state index in [1.54, 1.807) is 19.1 Å². The maximum Gasteiger partial charge on any atom is 0.176 e. The summed E-state index contributed by atoms with van der Waals surface area (Å²) in [5.74, 6) is 0.125. The molecule has 1 fully saturated rings. The number of hydrogen-bond acceptors (Lipinski definition) is 4. The normalized spacial score (nSPS) is 24.1. The predicted octanol–water partition coefficient (Wildman–Crippen LogP) is 0.860. The fraction of sp³-hybridized carbons (Fsp3) is 0.429. The van der Waals surface area contributed by atoms with Crippen molar-refractivity contribution in [1.82, 2.24) is 4.90 Å². The Bertz CT molecular complexity index is 444. The molecule has 1 aromatic carbocycles. The first kappa shape index (κ1) is 12.9. The molecule has 1 aliphatic rings. The van der Waals surface area contributed by atoms with Gasteiger partial charge in [0.1, 0.15) is 5.78 Å². The fourth-order valence-electron chi connectivity index (χ4n) is 2.44. The Morgan fingerprint density at radius 3 is 2.61 bits per heavy atom. The third-order valence-electron chi connectivity index (χ3n) is 3.35. The van der Waals surface area contributed by atoms with Gasteiger partial charge in [-0.3, -0.25) is 14.5 Å². The second-order valence-electron chi connectivity index (χ2n) is 4.84. The third-order valence-corrected chi connectivity index (χ3v) is 3.35. The van der Waals surface area contributed by atoms with Crippen LogP contribution in [0.4, 0.5) is 0 Å². The van der Waals surface area contributed by atoms with E-state index in [4.69, 9.17) is 5.73 Å². The van der Waals surface area contributed by atoms with Crippen molar-refractivity contribution in [3.63, 3.8) is 0 Å². The minimum Gasteiger partial charge on any atom is -0.326 e. The molecule has 2 N–H and O–H groups in total. The largest absolute Gasteiger partial charge is 0.326 e. The highest BCUT2D eigenvalue weighted by Gasteiger charge is 2.33. The molecule has 0 radical (unpaired) electrons. The lowest BCUT2D eigenvalue weighted by Gasteiger charge is -2.21. The number of likely N-dealkylation sites (tertiary alicyclic amines) is 1. The molecule has 0 aromatic heterocycles. The number of rotatable bonds is 4. The van der Waals surface area contributed by atoms with E-state index in [1.807, 2.05) is 23.1 Å². The van der Waals surface area contributed by atoms with Gasteiger partial charge in [0.15, 0.2) is 5.78 Å². The second kappa shape index (κ2) is 5.42. The molecule has 4 heteroatoms. The van der Waals surface area contributed by atoms with E-state index in [0.717, 1.165) is 0 Å². The molecule has 1 heterocycles. The van der Waals surface area contributed by atoms with Crippen LogP contribution in [-0.4, -0.2) is 41.6 Å². The van der Waals surface area contributed by atoms with Gasteiger partial charge in [0, 0.05) is 18.2 Å². The van der Waals surface area contributed by atoms with Crippen molar-refractivity contribution < 1.29 is 9.59 Å². The molecule has 1 saturated heterocycles. The fourth-order valence-corrected chi connectivity index (χ4v) is 2.44. The summed E-state index contributed by atoms with van der Waals surface area (Å²) in [7, 11) is 0. The summed E-state index contributed by atoms with van der Waals surface area (Å²) in [6.45, 7) is 2.44. The van der Waals surface area contributed by atoms with Gasteiger partial charge in [0.05, 0.1) is 12.6 Å². The van der Waals surface area contributed by atoms with Crippen molar-refractivity contribution in [2.45, 2.75) is 25.4 Å². The SMILES string of the molecule is CC(=O)[C@@H]1C[C@H](N)CN1CC(=O)c1ccccc1. The molecular formula is C14H18N2O2. The number of carbonyl (C=O) groups is 2. The summed E-state index contributed by atoms with van der Waals surface area (Å²) in [5, 5.41) is 0. The van der Waals surface area contributed by atoms with E-state index >= 15 is 0 Å². The smallest absolute Gasteiger partial charge is 0.176 e. The first-order chi connectivity index (χ1) is 8.58. The van der Waals surface area contributed by atoms with E-state index in [2.05, 4.69) is 0 Å². The number of ketones is 2. The molecule has 0 bridgehead atoms. The van der Waals surface area contributed by atoms with Crippen LogP contribution in [0.2, 0.25) is 0 Å². The minimum absolute atomic E-state index is 0.0116. The Kier molecular flexibility index (Phi) is 3.89. The number of nitrogens with two attached hydrogens (primary N) is 1. The first-order valence-electron chi connectivity index (χ1n) is 6.16. The highest BCUT2D eigenvalue weighted by atomic mass is 16.1. The van der Waals surface area contributed by atoms with E-state index in [1.165, 1.54) is 0 Å². The topological polar surface area (TPSA) is 63.4 Å². The van der Waals surface area contributed by atoms with E-state index in [0.29, 0.717) is 18.5 Å². The first-order valence-corrected chi connectivity index (χ1v) is 6.16. The Labute approximate surface area is 107 Å². The van der Waals surface area contributed by atoms with Gasteiger partial charge in [-0.05, 0) is 13.3 Å². The molecule has 0 saturated carbocycles. The summed E-state index contributed by atoms with van der Waals surface area (Å²) in [6, 6.07) is 8.93. The zero-order chi connectivity index (χ0) is 13.1. The minimum atomic E-state index is -0.201. The molecule has 2 rings (SSSR count). The van der Waals surface area contributed by atoms with Crippen LogP contribution in [0.15, 0.2) is 30.3 Å². The number of benzene rings is 1. The van der Waals surface area contributed by atoms with Crippen molar-refractivity contribution in [3.05, 3.63) is 35.9 Å². The molecule has 1 aliphatic heterocycles. The van der Waals surface area contributed by atoms with Crippen LogP contribution in [0, 0.1) is 0 Å². The number of carbonyl (C=O) groups excluding carboxylic acids is 2. The van der Waals surface area contributed by atoms with Gasteiger partial charge in [0.25, 0.3) is 0 Å². The molecule has 0 amide bonds. The van der Waals surface area contributed by atoms with Crippen molar-refractivity contribution in [2.75, 3.05) is 13.1 Å². The van der Waals surface area contributed by atoms with E-state index < -0.39 is 0 Å². The van der Waals surface area contributed by atoms with Crippen LogP contribution >= 0.6 is 0 Å². The Hall–Kier alpha value is -1.52. The summed E-state index contributed by atoms with van der Waals surface area (Å²) >= 11 is 0. The maximum atomic E-state index is 12.1. The van der Waals surface area contributed by atoms with Gasteiger partial charge in [0.2, 0.25) is 0 Å². The van der Waals surface area contributed by atoms with Crippen molar-refractivity contribution in [2.24, 2.45) is 5.73 Å². The Morgan fingerprint density at radius 1 is 1.33 bits per heavy atom. The molecule has 18 heavy (non-hydrogen) atoms. The van der Waals surface area contributed by atoms with Crippen LogP contribution in [-0.2, 0) is 4.79 Å². The van der Waals surface area contributed by atoms with Crippen LogP contribution in [0.1, 0.15) is 23.7 Å². The predicted molar refractivity (Wildman–Crippen MR) is 69.4 cm³/mol. The molecule has 0 spiro atoms. The van der Waals surface area contributed by atoms with Crippen LogP contribution in [0.5, 0.6) is 0 Å². The summed E-state index contributed by atoms with van der Waals surface area (Å²) in [5.41, 5.74) is 6.54. The van der Waals surface area contributed by atoms with Gasteiger partial charge in [-0.15, -0.1) is 0 Å². The lowest BCUT2D eigenvalue weighted by Crippen LogP contribution is -2.38. The molecule has 2 atom stereocenters. The summed E-state index contributed by atoms with van der Waals surface area (Å²) in [4.78, 5) is 25.5. The van der Waals surface area contributed by atoms with Crippen molar-refractivity contribution >= 4 is 11.6 Å².